The van der Waals surface area contributed by atoms with Gasteiger partial charge in [-0.1, -0.05) is 66.7 Å². The summed E-state index contributed by atoms with van der Waals surface area (Å²) in [6, 6.07) is 27.7. The van der Waals surface area contributed by atoms with Crippen LogP contribution in [0.25, 0.3) is 16.6 Å². The first-order chi connectivity index (χ1) is 16.2. The van der Waals surface area contributed by atoms with Gasteiger partial charge in [-0.25, -0.2) is 9.67 Å². The molecule has 0 atom stereocenters. The van der Waals surface area contributed by atoms with E-state index in [2.05, 4.69) is 15.1 Å². The van der Waals surface area contributed by atoms with Gasteiger partial charge in [0.15, 0.2) is 17.4 Å². The predicted molar refractivity (Wildman–Crippen MR) is 126 cm³/mol. The maximum Gasteiger partial charge on any atom is 0.170 e. The Morgan fingerprint density at radius 1 is 0.697 bits per heavy atom. The van der Waals surface area contributed by atoms with Crippen LogP contribution in [-0.2, 0) is 12.8 Å². The van der Waals surface area contributed by atoms with Crippen molar-refractivity contribution in [3.05, 3.63) is 120 Å². The van der Waals surface area contributed by atoms with Crippen LogP contribution < -0.4 is 0 Å². The minimum absolute atomic E-state index is 0.0482. The molecule has 3 aromatic carbocycles. The highest BCUT2D eigenvalue weighted by molar-refractivity contribution is 5.98. The number of rotatable bonds is 7. The molecule has 33 heavy (non-hydrogen) atoms. The number of pyridine rings is 1. The molecule has 6 nitrogen and oxygen atoms in total. The lowest BCUT2D eigenvalue weighted by Gasteiger charge is -2.09. The fourth-order valence-corrected chi connectivity index (χ4v) is 3.79. The van der Waals surface area contributed by atoms with E-state index in [1.165, 1.54) is 0 Å². The highest BCUT2D eigenvalue weighted by atomic mass is 16.1. The van der Waals surface area contributed by atoms with Crippen LogP contribution in [0.15, 0.2) is 97.2 Å². The molecular weight excluding hydrogens is 412 g/mol. The first-order valence-corrected chi connectivity index (χ1v) is 10.6. The van der Waals surface area contributed by atoms with Gasteiger partial charge in [-0.3, -0.25) is 14.6 Å². The molecule has 6 heteroatoms. The van der Waals surface area contributed by atoms with Gasteiger partial charge in [0.1, 0.15) is 5.82 Å². The lowest BCUT2D eigenvalue weighted by Crippen LogP contribution is -2.10. The fraction of sp³-hybridized carbons (Fsp3) is 0.0741. The SMILES string of the molecule is O=C(Cc1nc(CC(=O)c2ccccc2)n(-c2cccc3ncccc23)n1)c1ccccc1. The number of nitrogens with zero attached hydrogens (tertiary/aromatic N) is 4. The number of benzene rings is 3. The summed E-state index contributed by atoms with van der Waals surface area (Å²) >= 11 is 0. The van der Waals surface area contributed by atoms with Crippen molar-refractivity contribution in [1.29, 1.82) is 0 Å². The Kier molecular flexibility index (Phi) is 5.55. The number of hydrogen-bond donors (Lipinski definition) is 0. The third kappa shape index (κ3) is 4.32. The number of aromatic nitrogens is 4. The van der Waals surface area contributed by atoms with Crippen LogP contribution in [0.3, 0.4) is 0 Å². The third-order valence-electron chi connectivity index (χ3n) is 5.40. The Hall–Kier alpha value is -4.45. The lowest BCUT2D eigenvalue weighted by molar-refractivity contribution is 0.0983. The summed E-state index contributed by atoms with van der Waals surface area (Å²) in [4.78, 5) is 34.7. The molecule has 0 amide bonds. The van der Waals surface area contributed by atoms with Gasteiger partial charge in [-0.2, -0.15) is 5.10 Å². The lowest BCUT2D eigenvalue weighted by atomic mass is 10.1. The van der Waals surface area contributed by atoms with E-state index in [1.807, 2.05) is 66.7 Å². The smallest absolute Gasteiger partial charge is 0.170 e. The largest absolute Gasteiger partial charge is 0.294 e. The molecule has 2 aromatic heterocycles. The average molecular weight is 432 g/mol. The molecule has 5 aromatic rings. The molecule has 0 fully saturated rings. The molecule has 0 unspecified atom stereocenters. The number of hydrogen-bond acceptors (Lipinski definition) is 5. The number of carbonyl (C=O) groups excluding carboxylic acids is 2. The van der Waals surface area contributed by atoms with Gasteiger partial charge in [0.05, 0.1) is 24.0 Å². The highest BCUT2D eigenvalue weighted by Gasteiger charge is 2.19. The molecule has 2 heterocycles. The van der Waals surface area contributed by atoms with Crippen LogP contribution >= 0.6 is 0 Å². The van der Waals surface area contributed by atoms with Crippen LogP contribution in [0.4, 0.5) is 0 Å². The molecule has 0 aliphatic carbocycles. The number of fused-ring (bicyclic) bond motifs is 1. The summed E-state index contributed by atoms with van der Waals surface area (Å²) in [5, 5.41) is 5.54. The Morgan fingerprint density at radius 2 is 1.36 bits per heavy atom. The van der Waals surface area contributed by atoms with Gasteiger partial charge in [-0.05, 0) is 24.3 Å². The molecule has 0 saturated carbocycles. The first kappa shape index (κ1) is 20.5. The number of ketones is 2. The standard InChI is InChI=1S/C27H20N4O2/c32-24(19-9-3-1-4-10-19)17-26-29-27(18-25(33)20-11-5-2-6-12-20)31(30-26)23-15-7-14-22-21(23)13-8-16-28-22/h1-16H,17-18H2. The summed E-state index contributed by atoms with van der Waals surface area (Å²) in [7, 11) is 0. The summed E-state index contributed by atoms with van der Waals surface area (Å²) in [5.41, 5.74) is 2.79. The van der Waals surface area contributed by atoms with Crippen molar-refractivity contribution in [2.75, 3.05) is 0 Å². The summed E-state index contributed by atoms with van der Waals surface area (Å²) in [6.07, 6.45) is 1.84. The molecule has 0 radical (unpaired) electrons. The van der Waals surface area contributed by atoms with Crippen molar-refractivity contribution in [2.45, 2.75) is 12.8 Å². The molecule has 0 saturated heterocycles. The van der Waals surface area contributed by atoms with E-state index in [0.717, 1.165) is 16.6 Å². The highest BCUT2D eigenvalue weighted by Crippen LogP contribution is 2.22. The molecular formula is C27H20N4O2. The van der Waals surface area contributed by atoms with Crippen molar-refractivity contribution < 1.29 is 9.59 Å². The molecule has 0 aliphatic rings. The second kappa shape index (κ2) is 8.96. The van der Waals surface area contributed by atoms with Crippen molar-refractivity contribution in [3.8, 4) is 5.69 Å². The van der Waals surface area contributed by atoms with Gasteiger partial charge in [0, 0.05) is 22.7 Å². The van der Waals surface area contributed by atoms with E-state index in [1.54, 1.807) is 35.1 Å². The zero-order chi connectivity index (χ0) is 22.6. The average Bonchev–Trinajstić information content (AvgIpc) is 3.26. The van der Waals surface area contributed by atoms with Gasteiger partial charge < -0.3 is 0 Å². The maximum atomic E-state index is 13.0. The van der Waals surface area contributed by atoms with Crippen molar-refractivity contribution in [3.63, 3.8) is 0 Å². The molecule has 0 bridgehead atoms. The van der Waals surface area contributed by atoms with Crippen LogP contribution in [0.2, 0.25) is 0 Å². The first-order valence-electron chi connectivity index (χ1n) is 10.6. The minimum atomic E-state index is -0.0757. The minimum Gasteiger partial charge on any atom is -0.294 e. The van der Waals surface area contributed by atoms with Crippen LogP contribution in [0.5, 0.6) is 0 Å². The topological polar surface area (TPSA) is 77.7 Å². The van der Waals surface area contributed by atoms with Crippen LogP contribution in [0.1, 0.15) is 32.4 Å². The number of carbonyl (C=O) groups is 2. The van der Waals surface area contributed by atoms with Crippen LogP contribution in [0, 0.1) is 0 Å². The second-order valence-corrected chi connectivity index (χ2v) is 7.64. The molecule has 0 spiro atoms. The Balaban J connectivity index is 1.56. The molecule has 0 N–H and O–H groups in total. The third-order valence-corrected chi connectivity index (χ3v) is 5.40. The molecule has 160 valence electrons. The summed E-state index contributed by atoms with van der Waals surface area (Å²) < 4.78 is 1.67. The Morgan fingerprint density at radius 3 is 2.06 bits per heavy atom. The normalized spacial score (nSPS) is 10.9. The summed E-state index contributed by atoms with van der Waals surface area (Å²) in [5.74, 6) is 0.716. The fourth-order valence-electron chi connectivity index (χ4n) is 3.79. The van der Waals surface area contributed by atoms with Crippen molar-refractivity contribution >= 4 is 22.5 Å². The monoisotopic (exact) mass is 432 g/mol. The van der Waals surface area contributed by atoms with E-state index in [0.29, 0.717) is 22.8 Å². The van der Waals surface area contributed by atoms with E-state index >= 15 is 0 Å². The van der Waals surface area contributed by atoms with E-state index in [4.69, 9.17) is 0 Å². The van der Waals surface area contributed by atoms with E-state index < -0.39 is 0 Å². The van der Waals surface area contributed by atoms with Crippen LogP contribution in [-0.4, -0.2) is 31.3 Å². The van der Waals surface area contributed by atoms with Gasteiger partial charge in [0.2, 0.25) is 0 Å². The van der Waals surface area contributed by atoms with Gasteiger partial charge in [-0.15, -0.1) is 0 Å². The molecule has 0 aliphatic heterocycles. The Labute approximate surface area is 190 Å². The van der Waals surface area contributed by atoms with Gasteiger partial charge in [0.25, 0.3) is 0 Å². The Bertz CT molecular complexity index is 1440. The number of Topliss-reactive ketones (excluding diaryl/α,β-unsaturated/α-hetero) is 2. The maximum absolute atomic E-state index is 13.0. The molecule has 5 rings (SSSR count). The predicted octanol–water partition coefficient (Wildman–Crippen LogP) is 4.67. The van der Waals surface area contributed by atoms with Gasteiger partial charge >= 0.3 is 0 Å². The van der Waals surface area contributed by atoms with E-state index in [-0.39, 0.29) is 24.4 Å². The van der Waals surface area contributed by atoms with Crippen molar-refractivity contribution in [2.24, 2.45) is 0 Å². The van der Waals surface area contributed by atoms with E-state index in [9.17, 15) is 9.59 Å². The zero-order valence-corrected chi connectivity index (χ0v) is 17.8. The quantitative estimate of drug-likeness (QED) is 0.349. The van der Waals surface area contributed by atoms with Crippen molar-refractivity contribution in [1.82, 2.24) is 19.7 Å². The zero-order valence-electron chi connectivity index (χ0n) is 17.8. The second-order valence-electron chi connectivity index (χ2n) is 7.64. The summed E-state index contributed by atoms with van der Waals surface area (Å²) in [6.45, 7) is 0.